The second-order valence-electron chi connectivity index (χ2n) is 7.97. The maximum atomic E-state index is 13.5. The van der Waals surface area contributed by atoms with Crippen molar-refractivity contribution in [2.45, 2.75) is 37.1 Å². The number of aryl methyl sites for hydroxylation is 2. The second kappa shape index (κ2) is 9.35. The van der Waals surface area contributed by atoms with Crippen LogP contribution in [-0.4, -0.2) is 20.9 Å². The van der Waals surface area contributed by atoms with Gasteiger partial charge in [0.2, 0.25) is 5.91 Å². The summed E-state index contributed by atoms with van der Waals surface area (Å²) in [6, 6.07) is 21.1. The number of sulfonamides is 1. The number of amides is 1. The number of nitrogens with one attached hydrogen (secondary N) is 1. The lowest BCUT2D eigenvalue weighted by Crippen LogP contribution is -2.42. The molecule has 1 aliphatic carbocycles. The molecule has 4 rings (SSSR count). The molecule has 1 N–H and O–H groups in total. The highest BCUT2D eigenvalue weighted by molar-refractivity contribution is 7.92. The van der Waals surface area contributed by atoms with Gasteiger partial charge in [0.05, 0.1) is 16.6 Å². The first-order valence-corrected chi connectivity index (χ1v) is 12.4. The Labute approximate surface area is 194 Å². The van der Waals surface area contributed by atoms with E-state index in [1.165, 1.54) is 17.7 Å². The standard InChI is InChI=1S/C25H25ClN2O3S/c1-18-16-20(26)14-15-24(18)28(32(30,31)21-10-3-2-4-11-21)17-25(29)27-23-13-7-9-19-8-5-6-12-22(19)23/h2-6,8,10-12,14-16,23H,7,9,13,17H2,1H3,(H,27,29). The monoisotopic (exact) mass is 468 g/mol. The highest BCUT2D eigenvalue weighted by atomic mass is 35.5. The number of hydrogen-bond acceptors (Lipinski definition) is 3. The number of halogens is 1. The van der Waals surface area contributed by atoms with E-state index >= 15 is 0 Å². The van der Waals surface area contributed by atoms with E-state index in [2.05, 4.69) is 11.4 Å². The van der Waals surface area contributed by atoms with Crippen LogP contribution < -0.4 is 9.62 Å². The summed E-state index contributed by atoms with van der Waals surface area (Å²) < 4.78 is 28.2. The van der Waals surface area contributed by atoms with Crippen LogP contribution in [0.25, 0.3) is 0 Å². The Balaban J connectivity index is 1.65. The summed E-state index contributed by atoms with van der Waals surface area (Å²) in [5.74, 6) is -0.347. The maximum Gasteiger partial charge on any atom is 0.264 e. The van der Waals surface area contributed by atoms with E-state index in [1.807, 2.05) is 18.2 Å². The molecule has 0 saturated heterocycles. The predicted molar refractivity (Wildman–Crippen MR) is 127 cm³/mol. The van der Waals surface area contributed by atoms with Crippen molar-refractivity contribution in [2.24, 2.45) is 0 Å². The van der Waals surface area contributed by atoms with Gasteiger partial charge in [-0.15, -0.1) is 0 Å². The minimum Gasteiger partial charge on any atom is -0.348 e. The van der Waals surface area contributed by atoms with Crippen molar-refractivity contribution in [2.75, 3.05) is 10.8 Å². The summed E-state index contributed by atoms with van der Waals surface area (Å²) in [5.41, 5.74) is 3.43. The molecule has 0 spiro atoms. The van der Waals surface area contributed by atoms with Gasteiger partial charge in [-0.25, -0.2) is 8.42 Å². The zero-order valence-electron chi connectivity index (χ0n) is 17.8. The molecule has 32 heavy (non-hydrogen) atoms. The molecule has 0 bridgehead atoms. The Morgan fingerprint density at radius 1 is 1.06 bits per heavy atom. The molecule has 0 radical (unpaired) electrons. The Morgan fingerprint density at radius 2 is 1.78 bits per heavy atom. The van der Waals surface area contributed by atoms with Crippen molar-refractivity contribution >= 4 is 33.2 Å². The van der Waals surface area contributed by atoms with E-state index in [0.717, 1.165) is 29.1 Å². The summed E-state index contributed by atoms with van der Waals surface area (Å²) in [6.07, 6.45) is 2.79. The van der Waals surface area contributed by atoms with E-state index in [4.69, 9.17) is 11.6 Å². The number of hydrogen-bond donors (Lipinski definition) is 1. The highest BCUT2D eigenvalue weighted by Crippen LogP contribution is 2.31. The summed E-state index contributed by atoms with van der Waals surface area (Å²) in [6.45, 7) is 1.46. The van der Waals surface area contributed by atoms with E-state index in [9.17, 15) is 13.2 Å². The number of carbonyl (C=O) groups is 1. The van der Waals surface area contributed by atoms with Gasteiger partial charge in [0.15, 0.2) is 0 Å². The normalized spacial score (nSPS) is 15.6. The van der Waals surface area contributed by atoms with Crippen molar-refractivity contribution in [3.63, 3.8) is 0 Å². The average molecular weight is 469 g/mol. The van der Waals surface area contributed by atoms with Crippen molar-refractivity contribution in [3.8, 4) is 0 Å². The Bertz CT molecular complexity index is 1230. The number of benzene rings is 3. The number of fused-ring (bicyclic) bond motifs is 1. The van der Waals surface area contributed by atoms with Crippen LogP contribution in [0.2, 0.25) is 5.02 Å². The lowest BCUT2D eigenvalue weighted by Gasteiger charge is -2.29. The van der Waals surface area contributed by atoms with Crippen LogP contribution in [0.1, 0.15) is 35.6 Å². The van der Waals surface area contributed by atoms with Gasteiger partial charge >= 0.3 is 0 Å². The van der Waals surface area contributed by atoms with E-state index in [1.54, 1.807) is 43.3 Å². The third-order valence-corrected chi connectivity index (χ3v) is 7.76. The van der Waals surface area contributed by atoms with Crippen LogP contribution in [0, 0.1) is 6.92 Å². The van der Waals surface area contributed by atoms with Gasteiger partial charge in [0.25, 0.3) is 10.0 Å². The zero-order valence-corrected chi connectivity index (χ0v) is 19.4. The second-order valence-corrected chi connectivity index (χ2v) is 10.3. The SMILES string of the molecule is Cc1cc(Cl)ccc1N(CC(=O)NC1CCCc2ccccc21)S(=O)(=O)c1ccccc1. The first kappa shape index (κ1) is 22.4. The molecule has 166 valence electrons. The van der Waals surface area contributed by atoms with E-state index < -0.39 is 10.0 Å². The van der Waals surface area contributed by atoms with Crippen LogP contribution in [0.15, 0.2) is 77.7 Å². The topological polar surface area (TPSA) is 66.5 Å². The molecule has 7 heteroatoms. The molecule has 1 atom stereocenters. The summed E-state index contributed by atoms with van der Waals surface area (Å²) in [5, 5.41) is 3.56. The molecule has 0 aromatic heterocycles. The smallest absolute Gasteiger partial charge is 0.264 e. The number of nitrogens with zero attached hydrogens (tertiary/aromatic N) is 1. The molecule has 0 aliphatic heterocycles. The molecular weight excluding hydrogens is 444 g/mol. The van der Waals surface area contributed by atoms with E-state index in [-0.39, 0.29) is 23.4 Å². The number of anilines is 1. The third-order valence-electron chi connectivity index (χ3n) is 5.75. The van der Waals surface area contributed by atoms with Crippen LogP contribution in [0.5, 0.6) is 0 Å². The van der Waals surface area contributed by atoms with Crippen LogP contribution in [0.4, 0.5) is 5.69 Å². The molecule has 0 saturated carbocycles. The van der Waals surface area contributed by atoms with Gasteiger partial charge in [-0.05, 0) is 73.2 Å². The largest absolute Gasteiger partial charge is 0.348 e. The maximum absolute atomic E-state index is 13.5. The van der Waals surface area contributed by atoms with Crippen LogP contribution in [0.3, 0.4) is 0 Å². The van der Waals surface area contributed by atoms with Crippen molar-refractivity contribution in [3.05, 3.63) is 94.5 Å². The molecule has 3 aromatic carbocycles. The van der Waals surface area contributed by atoms with Crippen LogP contribution in [-0.2, 0) is 21.2 Å². The fraction of sp³-hybridized carbons (Fsp3) is 0.240. The third kappa shape index (κ3) is 4.66. The van der Waals surface area contributed by atoms with Gasteiger partial charge in [-0.2, -0.15) is 0 Å². The number of carbonyl (C=O) groups excluding carboxylic acids is 1. The molecule has 1 amide bonds. The van der Waals surface area contributed by atoms with Crippen molar-refractivity contribution in [1.29, 1.82) is 0 Å². The Morgan fingerprint density at radius 3 is 2.53 bits per heavy atom. The van der Waals surface area contributed by atoms with Crippen molar-refractivity contribution in [1.82, 2.24) is 5.32 Å². The molecular formula is C25H25ClN2O3S. The summed E-state index contributed by atoms with van der Waals surface area (Å²) >= 11 is 6.09. The molecule has 5 nitrogen and oxygen atoms in total. The fourth-order valence-electron chi connectivity index (χ4n) is 4.19. The van der Waals surface area contributed by atoms with Crippen LogP contribution >= 0.6 is 11.6 Å². The lowest BCUT2D eigenvalue weighted by molar-refractivity contribution is -0.120. The molecule has 1 unspecified atom stereocenters. The lowest BCUT2D eigenvalue weighted by atomic mass is 9.88. The first-order chi connectivity index (χ1) is 15.4. The highest BCUT2D eigenvalue weighted by Gasteiger charge is 2.30. The fourth-order valence-corrected chi connectivity index (χ4v) is 5.93. The minimum absolute atomic E-state index is 0.125. The van der Waals surface area contributed by atoms with Gasteiger partial charge in [-0.1, -0.05) is 54.1 Å². The molecule has 3 aromatic rings. The quantitative estimate of drug-likeness (QED) is 0.551. The molecule has 1 aliphatic rings. The van der Waals surface area contributed by atoms with Gasteiger partial charge < -0.3 is 5.32 Å². The minimum atomic E-state index is -3.96. The summed E-state index contributed by atoms with van der Waals surface area (Å²) in [4.78, 5) is 13.2. The van der Waals surface area contributed by atoms with E-state index in [0.29, 0.717) is 16.3 Å². The van der Waals surface area contributed by atoms with Gasteiger partial charge in [-0.3, -0.25) is 9.10 Å². The van der Waals surface area contributed by atoms with Gasteiger partial charge in [0, 0.05) is 5.02 Å². The molecule has 0 heterocycles. The Hall–Kier alpha value is -2.83. The van der Waals surface area contributed by atoms with Crippen molar-refractivity contribution < 1.29 is 13.2 Å². The zero-order chi connectivity index (χ0) is 22.7. The summed E-state index contributed by atoms with van der Waals surface area (Å²) in [7, 11) is -3.96. The Kier molecular flexibility index (Phi) is 6.53. The number of rotatable bonds is 6. The average Bonchev–Trinajstić information content (AvgIpc) is 2.79. The molecule has 0 fully saturated rings. The van der Waals surface area contributed by atoms with Gasteiger partial charge in [0.1, 0.15) is 6.54 Å². The predicted octanol–water partition coefficient (Wildman–Crippen LogP) is 5.04. The first-order valence-electron chi connectivity index (χ1n) is 10.6.